The van der Waals surface area contributed by atoms with E-state index in [-0.39, 0.29) is 13.2 Å². The Bertz CT molecular complexity index is 1560. The van der Waals surface area contributed by atoms with E-state index in [1.54, 1.807) is 7.11 Å². The third-order valence-electron chi connectivity index (χ3n) is 7.74. The van der Waals surface area contributed by atoms with Crippen molar-refractivity contribution < 1.29 is 38.0 Å². The molecule has 218 valence electrons. The lowest BCUT2D eigenvalue weighted by Gasteiger charge is -2.53. The lowest BCUT2D eigenvalue weighted by Crippen LogP contribution is -2.66. The third kappa shape index (κ3) is 6.99. The van der Waals surface area contributed by atoms with Gasteiger partial charge in [0.15, 0.2) is 5.79 Å². The summed E-state index contributed by atoms with van der Waals surface area (Å²) in [6.45, 7) is -0.514. The number of benzene rings is 3. The van der Waals surface area contributed by atoms with Crippen LogP contribution in [-0.4, -0.2) is 49.4 Å². The first-order valence-electron chi connectivity index (χ1n) is 17.6. The van der Waals surface area contributed by atoms with E-state index in [1.807, 2.05) is 55.5 Å². The van der Waals surface area contributed by atoms with Gasteiger partial charge in [-0.05, 0) is 55.2 Å². The molecule has 3 aromatic carbocycles. The van der Waals surface area contributed by atoms with Gasteiger partial charge < -0.3 is 28.4 Å². The maximum Gasteiger partial charge on any atom is 0.169 e. The van der Waals surface area contributed by atoms with E-state index in [2.05, 4.69) is 0 Å². The first kappa shape index (κ1) is 21.3. The van der Waals surface area contributed by atoms with Gasteiger partial charge >= 0.3 is 0 Å². The van der Waals surface area contributed by atoms with Gasteiger partial charge in [-0.3, -0.25) is 0 Å². The molecule has 7 heteroatoms. The Labute approximate surface area is 257 Å². The van der Waals surface area contributed by atoms with Crippen molar-refractivity contribution in [2.75, 3.05) is 13.7 Å². The summed E-state index contributed by atoms with van der Waals surface area (Å²) < 4.78 is 97.6. The molecule has 0 amide bonds. The molecular weight excluding hydrogens is 536 g/mol. The van der Waals surface area contributed by atoms with Crippen molar-refractivity contribution in [2.24, 2.45) is 0 Å². The minimum absolute atomic E-state index is 0.125. The number of aryl methyl sites for hydroxylation is 1. The first-order chi connectivity index (χ1) is 22.9. The number of hydrogen-bond acceptors (Lipinski definition) is 7. The smallest absolute Gasteiger partial charge is 0.169 e. The van der Waals surface area contributed by atoms with Crippen molar-refractivity contribution in [3.63, 3.8) is 0 Å². The fraction of sp³-hybridized carbons (Fsp3) is 0.471. The van der Waals surface area contributed by atoms with E-state index in [4.69, 9.17) is 38.0 Å². The molecule has 3 fully saturated rings. The Morgan fingerprint density at radius 3 is 2.41 bits per heavy atom. The summed E-state index contributed by atoms with van der Waals surface area (Å²) in [6, 6.07) is 12.1. The summed E-state index contributed by atoms with van der Waals surface area (Å²) in [6.07, 6.45) is 0.677. The van der Waals surface area contributed by atoms with Gasteiger partial charge in [0.2, 0.25) is 0 Å². The van der Waals surface area contributed by atoms with Gasteiger partial charge in [0, 0.05) is 17.7 Å². The summed E-state index contributed by atoms with van der Waals surface area (Å²) >= 11 is 1.40. The second-order valence-electron chi connectivity index (χ2n) is 10.6. The van der Waals surface area contributed by atoms with Crippen molar-refractivity contribution in [1.82, 2.24) is 0 Å². The highest BCUT2D eigenvalue weighted by molar-refractivity contribution is 7.99. The van der Waals surface area contributed by atoms with Gasteiger partial charge in [-0.25, -0.2) is 0 Å². The van der Waals surface area contributed by atoms with Crippen molar-refractivity contribution in [1.29, 1.82) is 0 Å². The highest BCUT2D eigenvalue weighted by atomic mass is 32.2. The normalized spacial score (nSPS) is 30.1. The molecule has 0 unspecified atom stereocenters. The van der Waals surface area contributed by atoms with Crippen molar-refractivity contribution in [3.8, 4) is 5.75 Å². The second-order valence-corrected chi connectivity index (χ2v) is 11.8. The zero-order valence-electron chi connectivity index (χ0n) is 30.3. The van der Waals surface area contributed by atoms with Gasteiger partial charge in [0.25, 0.3) is 0 Å². The molecule has 6 rings (SSSR count). The molecule has 2 saturated heterocycles. The van der Waals surface area contributed by atoms with Crippen LogP contribution in [0.5, 0.6) is 5.75 Å². The predicted octanol–water partition coefficient (Wildman–Crippen LogP) is 7.07. The third-order valence-corrected chi connectivity index (χ3v) is 8.90. The molecule has 3 aromatic rings. The summed E-state index contributed by atoms with van der Waals surface area (Å²) in [5.41, 5.74) is 0.630. The topological polar surface area (TPSA) is 55.4 Å². The molecule has 0 aromatic heterocycles. The van der Waals surface area contributed by atoms with E-state index in [1.165, 1.54) is 11.8 Å². The zero-order chi connectivity index (χ0) is 34.2. The van der Waals surface area contributed by atoms with Gasteiger partial charge in [0.1, 0.15) is 35.6 Å². The quantitative estimate of drug-likeness (QED) is 0.267. The van der Waals surface area contributed by atoms with Crippen LogP contribution in [0.25, 0.3) is 0 Å². The number of hydrogen-bond donors (Lipinski definition) is 0. The lowest BCUT2D eigenvalue weighted by atomic mass is 9.90. The molecule has 41 heavy (non-hydrogen) atoms. The fourth-order valence-electron chi connectivity index (χ4n) is 5.52. The molecule has 1 spiro atoms. The predicted molar refractivity (Wildman–Crippen MR) is 159 cm³/mol. The zero-order valence-corrected chi connectivity index (χ0v) is 24.1. The maximum atomic E-state index is 9.11. The van der Waals surface area contributed by atoms with Gasteiger partial charge in [-0.15, -0.1) is 0 Å². The van der Waals surface area contributed by atoms with Crippen molar-refractivity contribution in [2.45, 2.75) is 92.7 Å². The second kappa shape index (κ2) is 13.3. The Kier molecular flexibility index (Phi) is 6.91. The molecule has 0 bridgehead atoms. The molecule has 1 saturated carbocycles. The van der Waals surface area contributed by atoms with Crippen LogP contribution in [0.4, 0.5) is 0 Å². The fourth-order valence-corrected chi connectivity index (χ4v) is 6.65. The molecular formula is C34H40O6S. The number of methoxy groups -OCH3 is 1. The molecule has 0 N–H and O–H groups in total. The maximum absolute atomic E-state index is 9.11. The molecule has 1 aliphatic carbocycles. The average Bonchev–Trinajstić information content (AvgIpc) is 3.08. The largest absolute Gasteiger partial charge is 0.497 e. The van der Waals surface area contributed by atoms with Crippen LogP contribution >= 0.6 is 11.8 Å². The number of ether oxygens (including phenoxy) is 6. The Morgan fingerprint density at radius 1 is 0.927 bits per heavy atom. The van der Waals surface area contributed by atoms with Crippen LogP contribution in [0.1, 0.15) is 58.4 Å². The monoisotopic (exact) mass is 583 g/mol. The Balaban J connectivity index is 1.41. The standard InChI is InChI=1S/C34H40O6S/c1-24-11-17-28(18-12-24)41-33-32(37-22-26-13-15-27(35-2)16-14-26)31(36-21-25-9-5-3-6-10-25)30-29(39-33)23-38-34(40-30)19-7-4-8-20-34/h3,5-6,9-18,29-33H,4,7-8,19-23H2,1-2H3/t29-,30-,31+,32-,33-/m1/s1/i3D,5D,6D,9D,10D,21D2. The Hall–Kier alpha value is -2.39. The average molecular weight is 584 g/mol. The summed E-state index contributed by atoms with van der Waals surface area (Å²) in [4.78, 5) is 0.899. The number of fused-ring (bicyclic) bond motifs is 1. The van der Waals surface area contributed by atoms with Crippen LogP contribution < -0.4 is 4.74 Å². The molecule has 0 radical (unpaired) electrons. The van der Waals surface area contributed by atoms with E-state index >= 15 is 0 Å². The van der Waals surface area contributed by atoms with E-state index in [9.17, 15) is 0 Å². The Morgan fingerprint density at radius 2 is 1.68 bits per heavy atom. The summed E-state index contributed by atoms with van der Waals surface area (Å²) in [5.74, 6) is -0.192. The number of thioether (sulfide) groups is 1. The van der Waals surface area contributed by atoms with E-state index in [0.29, 0.717) is 18.6 Å². The van der Waals surface area contributed by atoms with Crippen molar-refractivity contribution >= 4 is 11.8 Å². The minimum Gasteiger partial charge on any atom is -0.497 e. The minimum atomic E-state index is -2.83. The lowest BCUT2D eigenvalue weighted by molar-refractivity contribution is -0.375. The molecule has 3 aliphatic rings. The van der Waals surface area contributed by atoms with Gasteiger partial charge in [-0.1, -0.05) is 78.2 Å². The molecule has 2 heterocycles. The van der Waals surface area contributed by atoms with Crippen LogP contribution in [0, 0.1) is 6.92 Å². The van der Waals surface area contributed by atoms with Crippen LogP contribution in [0.3, 0.4) is 0 Å². The van der Waals surface area contributed by atoms with Gasteiger partial charge in [0.05, 0.1) is 36.5 Å². The first-order valence-corrected chi connectivity index (χ1v) is 15.0. The molecule has 2 aliphatic heterocycles. The highest BCUT2D eigenvalue weighted by Gasteiger charge is 2.55. The van der Waals surface area contributed by atoms with Crippen LogP contribution in [0.2, 0.25) is 0 Å². The highest BCUT2D eigenvalue weighted by Crippen LogP contribution is 2.44. The number of rotatable bonds is 9. The molecule has 6 nitrogen and oxygen atoms in total. The van der Waals surface area contributed by atoms with E-state index in [0.717, 1.165) is 35.3 Å². The van der Waals surface area contributed by atoms with Crippen LogP contribution in [-0.2, 0) is 36.9 Å². The summed E-state index contributed by atoms with van der Waals surface area (Å²) in [5, 5.41) is 0. The van der Waals surface area contributed by atoms with Gasteiger partial charge in [-0.2, -0.15) is 0 Å². The SMILES string of the molecule is [2H]c1c([2H])c([2H])c(C([2H])([2H])O[C@@H]2[C@@H](OCc3ccc(OC)cc3)[C@@H](Sc3ccc(C)cc3)O[C@@H]3COC4(CCCCC4)O[C@@H]23)c([2H])c1[2H]. The summed E-state index contributed by atoms with van der Waals surface area (Å²) in [7, 11) is 1.59. The van der Waals surface area contributed by atoms with E-state index < -0.39 is 78.0 Å². The van der Waals surface area contributed by atoms with Crippen molar-refractivity contribution in [3.05, 3.63) is 95.4 Å². The van der Waals surface area contributed by atoms with Crippen LogP contribution in [0.15, 0.2) is 83.6 Å². The molecule has 5 atom stereocenters.